The van der Waals surface area contributed by atoms with Gasteiger partial charge < -0.3 is 10.2 Å². The molecule has 4 nitrogen and oxygen atoms in total. The Hall–Kier alpha value is -1.91. The molecule has 1 atom stereocenters. The highest BCUT2D eigenvalue weighted by molar-refractivity contribution is 5.88. The van der Waals surface area contributed by atoms with E-state index in [1.165, 1.54) is 6.07 Å². The topological polar surface area (TPSA) is 49.4 Å². The smallest absolute Gasteiger partial charge is 0.243 e. The molecule has 1 aliphatic rings. The first-order valence-corrected chi connectivity index (χ1v) is 7.79. The molecule has 1 N–H and O–H groups in total. The number of nitrogens with one attached hydrogen (secondary N) is 1. The Morgan fingerprint density at radius 2 is 2.09 bits per heavy atom. The molecule has 1 saturated heterocycles. The van der Waals surface area contributed by atoms with Gasteiger partial charge in [0.15, 0.2) is 0 Å². The van der Waals surface area contributed by atoms with E-state index in [0.29, 0.717) is 24.9 Å². The summed E-state index contributed by atoms with van der Waals surface area (Å²) in [5.74, 6) is -0.228. The number of likely N-dealkylation sites (tertiary alicyclic amines) is 1. The average molecular weight is 306 g/mol. The monoisotopic (exact) mass is 306 g/mol. The summed E-state index contributed by atoms with van der Waals surface area (Å²) in [5.41, 5.74) is 0.453. The van der Waals surface area contributed by atoms with Crippen LogP contribution in [-0.4, -0.2) is 29.3 Å². The molecule has 1 aromatic rings. The van der Waals surface area contributed by atoms with Crippen LogP contribution in [0.5, 0.6) is 0 Å². The van der Waals surface area contributed by atoms with Gasteiger partial charge in [0.25, 0.3) is 0 Å². The molecule has 0 radical (unpaired) electrons. The lowest BCUT2D eigenvalue weighted by Gasteiger charge is -2.24. The normalized spacial score (nSPS) is 17.8. The minimum absolute atomic E-state index is 0.0264. The van der Waals surface area contributed by atoms with Gasteiger partial charge in [-0.25, -0.2) is 4.39 Å². The summed E-state index contributed by atoms with van der Waals surface area (Å²) in [5, 5.41) is 2.75. The van der Waals surface area contributed by atoms with Gasteiger partial charge in [0.2, 0.25) is 11.8 Å². The maximum atomic E-state index is 13.5. The number of hydrogen-bond donors (Lipinski definition) is 1. The fraction of sp³-hybridized carbons (Fsp3) is 0.529. The molecule has 2 amide bonds. The van der Waals surface area contributed by atoms with E-state index in [9.17, 15) is 14.0 Å². The number of nitrogens with zero attached hydrogens (tertiary/aromatic N) is 1. The van der Waals surface area contributed by atoms with Gasteiger partial charge >= 0.3 is 0 Å². The van der Waals surface area contributed by atoms with Gasteiger partial charge in [0, 0.05) is 25.1 Å². The molecule has 0 saturated carbocycles. The summed E-state index contributed by atoms with van der Waals surface area (Å²) in [6.07, 6.45) is 1.96. The van der Waals surface area contributed by atoms with Gasteiger partial charge in [-0.15, -0.1) is 0 Å². The number of rotatable bonds is 5. The summed E-state index contributed by atoms with van der Waals surface area (Å²) in [7, 11) is 0. The highest BCUT2D eigenvalue weighted by Gasteiger charge is 2.33. The van der Waals surface area contributed by atoms with Crippen LogP contribution in [0.1, 0.15) is 38.7 Å². The van der Waals surface area contributed by atoms with E-state index >= 15 is 0 Å². The van der Waals surface area contributed by atoms with Crippen molar-refractivity contribution in [1.29, 1.82) is 0 Å². The predicted octanol–water partition coefficient (Wildman–Crippen LogP) is 2.48. The molecule has 1 unspecified atom stereocenters. The van der Waals surface area contributed by atoms with Crippen molar-refractivity contribution in [2.24, 2.45) is 5.92 Å². The van der Waals surface area contributed by atoms with Crippen molar-refractivity contribution in [3.8, 4) is 0 Å². The Morgan fingerprint density at radius 1 is 1.36 bits per heavy atom. The zero-order valence-electron chi connectivity index (χ0n) is 13.1. The number of halogens is 1. The van der Waals surface area contributed by atoms with Crippen molar-refractivity contribution in [3.63, 3.8) is 0 Å². The molecule has 0 spiro atoms. The Labute approximate surface area is 130 Å². The minimum Gasteiger partial charge on any atom is -0.350 e. The molecule has 120 valence electrons. The lowest BCUT2D eigenvalue weighted by molar-refractivity contribution is -0.139. The van der Waals surface area contributed by atoms with Crippen molar-refractivity contribution in [2.45, 2.75) is 45.7 Å². The van der Waals surface area contributed by atoms with Gasteiger partial charge in [-0.05, 0) is 24.8 Å². The van der Waals surface area contributed by atoms with Crippen molar-refractivity contribution in [2.75, 3.05) is 6.54 Å². The highest BCUT2D eigenvalue weighted by atomic mass is 19.1. The van der Waals surface area contributed by atoms with E-state index in [1.54, 1.807) is 23.1 Å². The molecule has 0 aromatic heterocycles. The third-order valence-corrected chi connectivity index (χ3v) is 3.87. The standard InChI is InChI=1S/C17H23FN2O2/c1-12(2)10-16(21)20-9-5-8-15(20)17(22)19-11-13-6-3-4-7-14(13)18/h3-4,6-7,12,15H,5,8-11H2,1-2H3,(H,19,22). The molecule has 2 rings (SSSR count). The first kappa shape index (κ1) is 16.5. The average Bonchev–Trinajstić information content (AvgIpc) is 2.95. The zero-order valence-corrected chi connectivity index (χ0v) is 13.1. The van der Waals surface area contributed by atoms with Gasteiger partial charge in [-0.2, -0.15) is 0 Å². The Morgan fingerprint density at radius 3 is 2.77 bits per heavy atom. The summed E-state index contributed by atoms with van der Waals surface area (Å²) < 4.78 is 13.5. The molecule has 1 fully saturated rings. The van der Waals surface area contributed by atoms with E-state index in [1.807, 2.05) is 13.8 Å². The largest absolute Gasteiger partial charge is 0.350 e. The van der Waals surface area contributed by atoms with Crippen molar-refractivity contribution < 1.29 is 14.0 Å². The van der Waals surface area contributed by atoms with Crippen LogP contribution in [0.25, 0.3) is 0 Å². The van der Waals surface area contributed by atoms with Crippen molar-refractivity contribution in [3.05, 3.63) is 35.6 Å². The molecule has 5 heteroatoms. The number of carbonyl (C=O) groups is 2. The van der Waals surface area contributed by atoms with Crippen molar-refractivity contribution >= 4 is 11.8 Å². The summed E-state index contributed by atoms with van der Waals surface area (Å²) >= 11 is 0. The van der Waals surface area contributed by atoms with E-state index in [0.717, 1.165) is 6.42 Å². The van der Waals surface area contributed by atoms with E-state index in [-0.39, 0.29) is 30.1 Å². The molecule has 1 aliphatic heterocycles. The fourth-order valence-corrected chi connectivity index (χ4v) is 2.75. The zero-order chi connectivity index (χ0) is 16.1. The van der Waals surface area contributed by atoms with Crippen LogP contribution in [0.3, 0.4) is 0 Å². The SMILES string of the molecule is CC(C)CC(=O)N1CCCC1C(=O)NCc1ccccc1F. The van der Waals surface area contributed by atoms with Crippen LogP contribution in [0.2, 0.25) is 0 Å². The second-order valence-electron chi connectivity index (χ2n) is 6.15. The van der Waals surface area contributed by atoms with E-state index < -0.39 is 6.04 Å². The number of carbonyl (C=O) groups excluding carboxylic acids is 2. The summed E-state index contributed by atoms with van der Waals surface area (Å²) in [6.45, 7) is 4.75. The molecule has 22 heavy (non-hydrogen) atoms. The van der Waals surface area contributed by atoms with Crippen LogP contribution < -0.4 is 5.32 Å². The van der Waals surface area contributed by atoms with Gasteiger partial charge in [-0.1, -0.05) is 32.0 Å². The quantitative estimate of drug-likeness (QED) is 0.908. The molecule has 0 bridgehead atoms. The van der Waals surface area contributed by atoms with Crippen molar-refractivity contribution in [1.82, 2.24) is 10.2 Å². The highest BCUT2D eigenvalue weighted by Crippen LogP contribution is 2.20. The predicted molar refractivity (Wildman–Crippen MR) is 82.4 cm³/mol. The van der Waals surface area contributed by atoms with Gasteiger partial charge in [-0.3, -0.25) is 9.59 Å². The molecule has 0 aliphatic carbocycles. The molecular weight excluding hydrogens is 283 g/mol. The third kappa shape index (κ3) is 4.06. The molecule has 1 aromatic carbocycles. The Balaban J connectivity index is 1.94. The third-order valence-electron chi connectivity index (χ3n) is 3.87. The summed E-state index contributed by atoms with van der Waals surface area (Å²) in [4.78, 5) is 26.2. The minimum atomic E-state index is -0.418. The van der Waals surface area contributed by atoms with Gasteiger partial charge in [0.1, 0.15) is 11.9 Å². The lowest BCUT2D eigenvalue weighted by Crippen LogP contribution is -2.46. The van der Waals surface area contributed by atoms with Gasteiger partial charge in [0.05, 0.1) is 0 Å². The fourth-order valence-electron chi connectivity index (χ4n) is 2.75. The van der Waals surface area contributed by atoms with Crippen LogP contribution in [-0.2, 0) is 16.1 Å². The van der Waals surface area contributed by atoms with E-state index in [4.69, 9.17) is 0 Å². The van der Waals surface area contributed by atoms with Crippen LogP contribution >= 0.6 is 0 Å². The Bertz CT molecular complexity index is 545. The van der Waals surface area contributed by atoms with Crippen LogP contribution in [0, 0.1) is 11.7 Å². The second kappa shape index (κ2) is 7.38. The maximum absolute atomic E-state index is 13.5. The number of hydrogen-bond acceptors (Lipinski definition) is 2. The Kier molecular flexibility index (Phi) is 5.52. The number of amides is 2. The molecular formula is C17H23FN2O2. The second-order valence-corrected chi connectivity index (χ2v) is 6.15. The first-order valence-electron chi connectivity index (χ1n) is 7.79. The molecule has 1 heterocycles. The maximum Gasteiger partial charge on any atom is 0.243 e. The number of benzene rings is 1. The van der Waals surface area contributed by atoms with Crippen LogP contribution in [0.4, 0.5) is 4.39 Å². The summed E-state index contributed by atoms with van der Waals surface area (Å²) in [6, 6.07) is 5.95. The first-order chi connectivity index (χ1) is 10.5. The van der Waals surface area contributed by atoms with E-state index in [2.05, 4.69) is 5.32 Å². The lowest BCUT2D eigenvalue weighted by atomic mass is 10.1. The van der Waals surface area contributed by atoms with Crippen LogP contribution in [0.15, 0.2) is 24.3 Å².